The summed E-state index contributed by atoms with van der Waals surface area (Å²) in [6.07, 6.45) is 2.82. The largest absolute Gasteiger partial charge is 0.309 e. The van der Waals surface area contributed by atoms with Gasteiger partial charge in [-0.15, -0.1) is 0 Å². The van der Waals surface area contributed by atoms with Crippen LogP contribution in [0.3, 0.4) is 0 Å². The lowest BCUT2D eigenvalue weighted by atomic mass is 9.92. The van der Waals surface area contributed by atoms with Gasteiger partial charge >= 0.3 is 0 Å². The van der Waals surface area contributed by atoms with Gasteiger partial charge in [-0.1, -0.05) is 127 Å². The Hall–Kier alpha value is -7.10. The molecule has 10 aromatic rings. The van der Waals surface area contributed by atoms with Gasteiger partial charge in [0.2, 0.25) is 0 Å². The van der Waals surface area contributed by atoms with Crippen LogP contribution in [0.25, 0.3) is 83.0 Å². The molecule has 1 aliphatic carbocycles. The van der Waals surface area contributed by atoms with Crippen molar-refractivity contribution in [3.05, 3.63) is 210 Å². The first-order valence-electron chi connectivity index (χ1n) is 19.7. The third-order valence-corrected chi connectivity index (χ3v) is 11.5. The number of nitrogens with zero attached hydrogens (tertiary/aromatic N) is 3. The Morgan fingerprint density at radius 2 is 1.11 bits per heavy atom. The van der Waals surface area contributed by atoms with Crippen LogP contribution in [0.4, 0.5) is 0 Å². The fourth-order valence-corrected chi connectivity index (χ4v) is 8.79. The Kier molecular flexibility index (Phi) is 8.57. The second kappa shape index (κ2) is 14.2. The van der Waals surface area contributed by atoms with E-state index in [2.05, 4.69) is 198 Å². The highest BCUT2D eigenvalue weighted by Gasteiger charge is 2.22. The van der Waals surface area contributed by atoms with Gasteiger partial charge in [0, 0.05) is 33.7 Å². The molecule has 3 heteroatoms. The molecule has 0 saturated heterocycles. The normalized spacial score (nSPS) is 11.7. The Morgan fingerprint density at radius 3 is 1.98 bits per heavy atom. The molecule has 0 saturated carbocycles. The molecule has 0 aliphatic heterocycles. The molecule has 1 aliphatic rings. The van der Waals surface area contributed by atoms with E-state index in [0.29, 0.717) is 0 Å². The fraction of sp³-hybridized carbons (Fsp3) is 0.0741. The molecule has 0 unspecified atom stereocenters. The smallest absolute Gasteiger partial charge is 0.159 e. The Morgan fingerprint density at radius 1 is 0.439 bits per heavy atom. The summed E-state index contributed by atoms with van der Waals surface area (Å²) in [6, 6.07) is 63.3. The summed E-state index contributed by atoms with van der Waals surface area (Å²) in [5.41, 5.74) is 21.2. The number of rotatable bonds is 4. The number of pyridine rings is 2. The van der Waals surface area contributed by atoms with Crippen LogP contribution >= 0.6 is 0 Å². The molecule has 0 bridgehead atoms. The SMILES string of the molecule is Cc1cc(-c2cccc3c2-c2ccccc2C3)c2cccnc2n1.Cc1ccccc1-c1cc(-c2ccc3c4ccccc4n(-c4ccccc4)c3c2)ccc1C. The van der Waals surface area contributed by atoms with Gasteiger partial charge < -0.3 is 4.57 Å². The molecule has 0 N–H and O–H groups in total. The van der Waals surface area contributed by atoms with Crippen LogP contribution in [0.15, 0.2) is 182 Å². The van der Waals surface area contributed by atoms with E-state index in [4.69, 9.17) is 0 Å². The van der Waals surface area contributed by atoms with E-state index in [-0.39, 0.29) is 0 Å². The van der Waals surface area contributed by atoms with E-state index in [1.54, 1.807) is 0 Å². The van der Waals surface area contributed by atoms with Crippen LogP contribution in [0.2, 0.25) is 0 Å². The lowest BCUT2D eigenvalue weighted by molar-refractivity contribution is 1.18. The van der Waals surface area contributed by atoms with E-state index >= 15 is 0 Å². The highest BCUT2D eigenvalue weighted by molar-refractivity contribution is 6.10. The van der Waals surface area contributed by atoms with Gasteiger partial charge in [0.25, 0.3) is 0 Å². The van der Waals surface area contributed by atoms with Crippen LogP contribution < -0.4 is 0 Å². The number of aromatic nitrogens is 3. The topological polar surface area (TPSA) is 30.7 Å². The molecule has 3 heterocycles. The fourth-order valence-electron chi connectivity index (χ4n) is 8.79. The number of aryl methyl sites for hydroxylation is 3. The van der Waals surface area contributed by atoms with E-state index in [0.717, 1.165) is 23.1 Å². The van der Waals surface area contributed by atoms with E-state index in [1.807, 2.05) is 19.2 Å². The molecule has 3 aromatic heterocycles. The zero-order valence-corrected chi connectivity index (χ0v) is 32.4. The molecule has 0 atom stereocenters. The Labute approximate surface area is 333 Å². The lowest BCUT2D eigenvalue weighted by Crippen LogP contribution is -1.93. The second-order valence-electron chi connectivity index (χ2n) is 15.1. The lowest BCUT2D eigenvalue weighted by Gasteiger charge is -2.13. The van der Waals surface area contributed by atoms with Crippen LogP contribution in [-0.4, -0.2) is 14.5 Å². The van der Waals surface area contributed by atoms with E-state index < -0.39 is 0 Å². The maximum atomic E-state index is 4.59. The highest BCUT2D eigenvalue weighted by atomic mass is 15.0. The van der Waals surface area contributed by atoms with E-state index in [9.17, 15) is 0 Å². The van der Waals surface area contributed by atoms with Crippen molar-refractivity contribution in [1.82, 2.24) is 14.5 Å². The molecule has 0 fully saturated rings. The van der Waals surface area contributed by atoms with Gasteiger partial charge in [0.05, 0.1) is 11.0 Å². The summed E-state index contributed by atoms with van der Waals surface area (Å²) in [7, 11) is 0. The Bertz CT molecular complexity index is 3130. The third kappa shape index (κ3) is 6.09. The highest BCUT2D eigenvalue weighted by Crippen LogP contribution is 2.44. The molecule has 3 nitrogen and oxygen atoms in total. The number of benzene rings is 7. The number of fused-ring (bicyclic) bond motifs is 7. The average molecular weight is 732 g/mol. The predicted molar refractivity (Wildman–Crippen MR) is 239 cm³/mol. The standard InChI is InChI=1S/C32H25N.C22H16N2/c1-22-10-6-7-13-27(22)30-20-24(17-16-23(30)2)25-18-19-29-28-14-8-9-15-31(28)33(32(29)21-25)26-11-4-3-5-12-26;1-14-12-20(19-10-5-11-23-22(19)24-14)18-9-4-7-16-13-15-6-2-3-8-17(15)21(16)18/h3-21H,1-2H3;2-12H,13H2,1H3. The zero-order valence-electron chi connectivity index (χ0n) is 32.4. The quantitative estimate of drug-likeness (QED) is 0.180. The van der Waals surface area contributed by atoms with Gasteiger partial charge in [-0.05, 0) is 142 Å². The first kappa shape index (κ1) is 34.4. The summed E-state index contributed by atoms with van der Waals surface area (Å²) in [6.45, 7) is 6.42. The Balaban J connectivity index is 0.000000146. The van der Waals surface area contributed by atoms with Crippen LogP contribution in [0.1, 0.15) is 27.9 Å². The van der Waals surface area contributed by atoms with Crippen molar-refractivity contribution >= 4 is 32.8 Å². The van der Waals surface area contributed by atoms with Crippen molar-refractivity contribution in [2.75, 3.05) is 0 Å². The third-order valence-electron chi connectivity index (χ3n) is 11.5. The summed E-state index contributed by atoms with van der Waals surface area (Å²) in [5, 5.41) is 3.68. The number of hydrogen-bond acceptors (Lipinski definition) is 2. The molecule has 0 spiro atoms. The summed E-state index contributed by atoms with van der Waals surface area (Å²) in [5.74, 6) is 0. The zero-order chi connectivity index (χ0) is 38.5. The van der Waals surface area contributed by atoms with Crippen LogP contribution in [-0.2, 0) is 6.42 Å². The van der Waals surface area contributed by atoms with Crippen molar-refractivity contribution in [2.24, 2.45) is 0 Å². The summed E-state index contributed by atoms with van der Waals surface area (Å²) < 4.78 is 2.38. The second-order valence-corrected chi connectivity index (χ2v) is 15.1. The minimum Gasteiger partial charge on any atom is -0.309 e. The summed E-state index contributed by atoms with van der Waals surface area (Å²) in [4.78, 5) is 9.04. The van der Waals surface area contributed by atoms with Crippen LogP contribution in [0, 0.1) is 20.8 Å². The first-order chi connectivity index (χ1) is 28.0. The first-order valence-corrected chi connectivity index (χ1v) is 19.7. The van der Waals surface area contributed by atoms with Crippen molar-refractivity contribution in [3.63, 3.8) is 0 Å². The molecule has 11 rings (SSSR count). The van der Waals surface area contributed by atoms with Gasteiger partial charge in [-0.2, -0.15) is 0 Å². The van der Waals surface area contributed by atoms with Gasteiger partial charge in [0.15, 0.2) is 5.65 Å². The van der Waals surface area contributed by atoms with E-state index in [1.165, 1.54) is 94.3 Å². The molecule has 0 radical (unpaired) electrons. The molecule has 272 valence electrons. The predicted octanol–water partition coefficient (Wildman–Crippen LogP) is 13.9. The van der Waals surface area contributed by atoms with Crippen molar-refractivity contribution in [1.29, 1.82) is 0 Å². The maximum absolute atomic E-state index is 4.59. The van der Waals surface area contributed by atoms with Gasteiger partial charge in [-0.25, -0.2) is 9.97 Å². The molecule has 7 aromatic carbocycles. The molecular weight excluding hydrogens is 691 g/mol. The molecule has 0 amide bonds. The maximum Gasteiger partial charge on any atom is 0.159 e. The molecule has 57 heavy (non-hydrogen) atoms. The number of para-hydroxylation sites is 2. The minimum atomic E-state index is 0.816. The van der Waals surface area contributed by atoms with Crippen LogP contribution in [0.5, 0.6) is 0 Å². The van der Waals surface area contributed by atoms with Crippen molar-refractivity contribution in [2.45, 2.75) is 27.2 Å². The molecular formula is C54H41N3. The number of hydrogen-bond donors (Lipinski definition) is 0. The van der Waals surface area contributed by atoms with Gasteiger partial charge in [-0.3, -0.25) is 0 Å². The van der Waals surface area contributed by atoms with Crippen molar-refractivity contribution in [3.8, 4) is 50.2 Å². The summed E-state index contributed by atoms with van der Waals surface area (Å²) >= 11 is 0. The monoisotopic (exact) mass is 731 g/mol. The minimum absolute atomic E-state index is 0.816. The average Bonchev–Trinajstić information content (AvgIpc) is 3.80. The van der Waals surface area contributed by atoms with Crippen molar-refractivity contribution < 1.29 is 0 Å². The van der Waals surface area contributed by atoms with Gasteiger partial charge in [0.1, 0.15) is 0 Å².